The van der Waals surface area contributed by atoms with Crippen LogP contribution in [-0.2, 0) is 14.3 Å². The number of carbonyl (C=O) groups is 1. The molecule has 0 aromatic rings. The summed E-state index contributed by atoms with van der Waals surface area (Å²) in [6.07, 6.45) is 1.65. The predicted octanol–water partition coefficient (Wildman–Crippen LogP) is 1.07. The van der Waals surface area contributed by atoms with Crippen LogP contribution in [0.5, 0.6) is 0 Å². The smallest absolute Gasteiger partial charge is 0.196 e. The number of Topliss-reactive ketones (excluding diaryl/α,β-unsaturated/α-hetero) is 1. The number of hydrogen-bond donors (Lipinski definition) is 0. The van der Waals surface area contributed by atoms with Gasteiger partial charge in [-0.15, -0.1) is 0 Å². The van der Waals surface area contributed by atoms with Gasteiger partial charge >= 0.3 is 0 Å². The third-order valence-corrected chi connectivity index (χ3v) is 2.03. The van der Waals surface area contributed by atoms with Crippen molar-refractivity contribution in [2.45, 2.75) is 12.2 Å². The Morgan fingerprint density at radius 1 is 1.55 bits per heavy atom. The maximum Gasteiger partial charge on any atom is 0.196 e. The lowest BCUT2D eigenvalue weighted by atomic mass is 10.2. The Labute approximate surface area is 69.9 Å². The molecule has 1 aliphatic rings. The molecule has 62 valence electrons. The Balaban J connectivity index is 2.85. The Morgan fingerprint density at radius 2 is 2.09 bits per heavy atom. The van der Waals surface area contributed by atoms with Gasteiger partial charge in [-0.25, -0.2) is 0 Å². The molecule has 0 saturated carbocycles. The summed E-state index contributed by atoms with van der Waals surface area (Å²) in [6, 6.07) is 0. The van der Waals surface area contributed by atoms with E-state index in [1.165, 1.54) is 20.3 Å². The van der Waals surface area contributed by atoms with Crippen LogP contribution in [0.15, 0.2) is 11.1 Å². The van der Waals surface area contributed by atoms with Gasteiger partial charge in [-0.3, -0.25) is 4.79 Å². The van der Waals surface area contributed by atoms with Crippen LogP contribution >= 0.6 is 11.6 Å². The van der Waals surface area contributed by atoms with Gasteiger partial charge in [-0.1, -0.05) is 11.6 Å². The van der Waals surface area contributed by atoms with Gasteiger partial charge in [0.25, 0.3) is 0 Å². The van der Waals surface area contributed by atoms with Crippen LogP contribution in [0.1, 0.15) is 6.42 Å². The summed E-state index contributed by atoms with van der Waals surface area (Å²) >= 11 is 5.56. The highest BCUT2D eigenvalue weighted by molar-refractivity contribution is 6.43. The standard InChI is InChI=1S/C7H9ClO3/c1-10-7(11-2)3-5(8)6(9)4-7/h3H,4H2,1-2H3. The predicted molar refractivity (Wildman–Crippen MR) is 40.3 cm³/mol. The molecule has 0 heterocycles. The number of allylic oxidation sites excluding steroid dienone is 1. The number of rotatable bonds is 2. The molecule has 1 rings (SSSR count). The van der Waals surface area contributed by atoms with E-state index in [1.807, 2.05) is 0 Å². The first kappa shape index (κ1) is 8.71. The van der Waals surface area contributed by atoms with Crippen molar-refractivity contribution in [3.8, 4) is 0 Å². The fraction of sp³-hybridized carbons (Fsp3) is 0.571. The van der Waals surface area contributed by atoms with Gasteiger partial charge in [-0.05, 0) is 6.08 Å². The summed E-state index contributed by atoms with van der Waals surface area (Å²) in [6.45, 7) is 0. The Hall–Kier alpha value is -0.380. The first-order valence-electron chi connectivity index (χ1n) is 3.15. The van der Waals surface area contributed by atoms with Gasteiger partial charge in [0.15, 0.2) is 11.6 Å². The molecular formula is C7H9ClO3. The molecule has 0 aromatic heterocycles. The molecular weight excluding hydrogens is 168 g/mol. The molecule has 0 N–H and O–H groups in total. The van der Waals surface area contributed by atoms with Crippen LogP contribution in [0, 0.1) is 0 Å². The van der Waals surface area contributed by atoms with Gasteiger partial charge in [0.1, 0.15) is 0 Å². The molecule has 0 spiro atoms. The number of methoxy groups -OCH3 is 2. The molecule has 3 nitrogen and oxygen atoms in total. The van der Waals surface area contributed by atoms with Crippen molar-refractivity contribution >= 4 is 17.4 Å². The summed E-state index contributed by atoms with van der Waals surface area (Å²) in [5.41, 5.74) is 0. The quantitative estimate of drug-likeness (QED) is 0.591. The summed E-state index contributed by atoms with van der Waals surface area (Å²) in [5, 5.41) is 0.189. The molecule has 0 bridgehead atoms. The molecule has 0 aromatic carbocycles. The van der Waals surface area contributed by atoms with Gasteiger partial charge in [-0.2, -0.15) is 0 Å². The highest BCUT2D eigenvalue weighted by Gasteiger charge is 2.37. The van der Waals surface area contributed by atoms with E-state index in [2.05, 4.69) is 0 Å². The van der Waals surface area contributed by atoms with E-state index in [4.69, 9.17) is 21.1 Å². The second-order valence-corrected chi connectivity index (χ2v) is 2.72. The van der Waals surface area contributed by atoms with Crippen molar-refractivity contribution < 1.29 is 14.3 Å². The van der Waals surface area contributed by atoms with Gasteiger partial charge in [0.2, 0.25) is 0 Å². The molecule has 0 atom stereocenters. The first-order valence-corrected chi connectivity index (χ1v) is 3.53. The Morgan fingerprint density at radius 3 is 2.27 bits per heavy atom. The van der Waals surface area contributed by atoms with Crippen molar-refractivity contribution in [3.63, 3.8) is 0 Å². The van der Waals surface area contributed by atoms with Crippen molar-refractivity contribution in [3.05, 3.63) is 11.1 Å². The van der Waals surface area contributed by atoms with Crippen molar-refractivity contribution in [2.24, 2.45) is 0 Å². The van der Waals surface area contributed by atoms with Crippen molar-refractivity contribution in [2.75, 3.05) is 14.2 Å². The molecule has 4 heteroatoms. The minimum Gasteiger partial charge on any atom is -0.349 e. The average Bonchev–Trinajstić information content (AvgIpc) is 2.29. The number of halogens is 1. The van der Waals surface area contributed by atoms with E-state index in [9.17, 15) is 4.79 Å². The molecule has 11 heavy (non-hydrogen) atoms. The molecule has 0 fully saturated rings. The van der Waals surface area contributed by atoms with Crippen LogP contribution < -0.4 is 0 Å². The SMILES string of the molecule is COC1(OC)C=C(Cl)C(=O)C1. The lowest BCUT2D eigenvalue weighted by molar-refractivity contribution is -0.171. The van der Waals surface area contributed by atoms with Gasteiger partial charge in [0, 0.05) is 14.2 Å². The molecule has 0 unspecified atom stereocenters. The van der Waals surface area contributed by atoms with E-state index in [1.54, 1.807) is 0 Å². The lowest BCUT2D eigenvalue weighted by Gasteiger charge is -2.21. The highest BCUT2D eigenvalue weighted by atomic mass is 35.5. The number of carbonyl (C=O) groups excluding carboxylic acids is 1. The summed E-state index contributed by atoms with van der Waals surface area (Å²) in [7, 11) is 2.95. The molecule has 0 aliphatic heterocycles. The largest absolute Gasteiger partial charge is 0.349 e. The molecule has 0 radical (unpaired) electrons. The van der Waals surface area contributed by atoms with Gasteiger partial charge in [0.05, 0.1) is 11.5 Å². The van der Waals surface area contributed by atoms with Crippen LogP contribution in [-0.4, -0.2) is 25.8 Å². The van der Waals surface area contributed by atoms with Crippen LogP contribution in [0.25, 0.3) is 0 Å². The summed E-state index contributed by atoms with van der Waals surface area (Å²) in [4.78, 5) is 10.9. The minimum atomic E-state index is -0.922. The zero-order valence-electron chi connectivity index (χ0n) is 6.39. The fourth-order valence-corrected chi connectivity index (χ4v) is 1.21. The van der Waals surface area contributed by atoms with Crippen molar-refractivity contribution in [1.29, 1.82) is 0 Å². The second kappa shape index (κ2) is 2.93. The average molecular weight is 177 g/mol. The highest BCUT2D eigenvalue weighted by Crippen LogP contribution is 2.30. The lowest BCUT2D eigenvalue weighted by Crippen LogP contribution is -2.29. The monoisotopic (exact) mass is 176 g/mol. The number of ether oxygens (including phenoxy) is 2. The van der Waals surface area contributed by atoms with Crippen LogP contribution in [0.3, 0.4) is 0 Å². The summed E-state index contributed by atoms with van der Waals surface area (Å²) < 4.78 is 9.97. The fourth-order valence-electron chi connectivity index (χ4n) is 0.978. The Kier molecular flexibility index (Phi) is 2.32. The zero-order chi connectivity index (χ0) is 8.48. The van der Waals surface area contributed by atoms with E-state index in [0.29, 0.717) is 0 Å². The molecule has 0 saturated heterocycles. The third kappa shape index (κ3) is 1.45. The maximum atomic E-state index is 10.9. The number of hydrogen-bond acceptors (Lipinski definition) is 3. The van der Waals surface area contributed by atoms with E-state index < -0.39 is 5.79 Å². The second-order valence-electron chi connectivity index (χ2n) is 2.31. The van der Waals surface area contributed by atoms with Crippen LogP contribution in [0.2, 0.25) is 0 Å². The molecule has 0 amide bonds. The Bertz CT molecular complexity index is 206. The third-order valence-electron chi connectivity index (χ3n) is 1.71. The normalized spacial score (nSPS) is 22.1. The summed E-state index contributed by atoms with van der Waals surface area (Å²) in [5.74, 6) is -1.07. The minimum absolute atomic E-state index is 0.143. The van der Waals surface area contributed by atoms with Crippen molar-refractivity contribution in [1.82, 2.24) is 0 Å². The topological polar surface area (TPSA) is 35.5 Å². The van der Waals surface area contributed by atoms with E-state index in [0.717, 1.165) is 0 Å². The zero-order valence-corrected chi connectivity index (χ0v) is 7.14. The maximum absolute atomic E-state index is 10.9. The first-order chi connectivity index (χ1) is 5.13. The van der Waals surface area contributed by atoms with Gasteiger partial charge < -0.3 is 9.47 Å². The number of ketones is 1. The van der Waals surface area contributed by atoms with E-state index in [-0.39, 0.29) is 17.2 Å². The van der Waals surface area contributed by atoms with E-state index >= 15 is 0 Å². The van der Waals surface area contributed by atoms with Crippen LogP contribution in [0.4, 0.5) is 0 Å². The molecule has 1 aliphatic carbocycles.